The van der Waals surface area contributed by atoms with E-state index in [2.05, 4.69) is 38.4 Å². The minimum atomic E-state index is -1.29. The Kier molecular flexibility index (Phi) is 13.7. The third-order valence-corrected chi connectivity index (χ3v) is 13.6. The van der Waals surface area contributed by atoms with E-state index in [1.807, 2.05) is 127 Å². The van der Waals surface area contributed by atoms with E-state index in [4.69, 9.17) is 9.47 Å². The maximum Gasteiger partial charge on any atom is 0.407 e. The first-order valence-corrected chi connectivity index (χ1v) is 22.5. The Morgan fingerprint density at radius 3 is 1.72 bits per heavy atom. The van der Waals surface area contributed by atoms with Crippen LogP contribution in [0.15, 0.2) is 164 Å². The first-order valence-electron chi connectivity index (χ1n) is 21.5. The van der Waals surface area contributed by atoms with E-state index in [1.165, 1.54) is 18.9 Å². The molecule has 0 aliphatic heterocycles. The van der Waals surface area contributed by atoms with Crippen LogP contribution < -0.4 is 21.3 Å². The third kappa shape index (κ3) is 9.95. The van der Waals surface area contributed by atoms with Crippen molar-refractivity contribution >= 4 is 41.5 Å². The van der Waals surface area contributed by atoms with Crippen molar-refractivity contribution in [3.05, 3.63) is 197 Å². The molecule has 2 aliphatic carbocycles. The van der Waals surface area contributed by atoms with Gasteiger partial charge in [0.15, 0.2) is 0 Å². The molecule has 0 saturated heterocycles. The highest BCUT2D eigenvalue weighted by Crippen LogP contribution is 2.49. The molecule has 6 aromatic rings. The lowest BCUT2D eigenvalue weighted by molar-refractivity contribution is -0.141. The van der Waals surface area contributed by atoms with Crippen molar-refractivity contribution < 1.29 is 33.4 Å². The Hall–Kier alpha value is -7.25. The van der Waals surface area contributed by atoms with Gasteiger partial charge in [-0.2, -0.15) is 0 Å². The molecule has 65 heavy (non-hydrogen) atoms. The molecule has 0 radical (unpaired) electrons. The van der Waals surface area contributed by atoms with E-state index in [0.717, 1.165) is 38.9 Å². The molecule has 5 aromatic carbocycles. The molecule has 4 N–H and O–H groups in total. The van der Waals surface area contributed by atoms with Crippen LogP contribution in [-0.4, -0.2) is 78.4 Å². The van der Waals surface area contributed by atoms with Crippen molar-refractivity contribution in [2.24, 2.45) is 0 Å². The number of alkyl carbamates (subject to hydrolysis) is 1. The second kappa shape index (κ2) is 20.1. The van der Waals surface area contributed by atoms with Gasteiger partial charge >= 0.3 is 12.1 Å². The molecule has 330 valence electrons. The van der Waals surface area contributed by atoms with Crippen LogP contribution in [0, 0.1) is 0 Å². The summed E-state index contributed by atoms with van der Waals surface area (Å²) in [5.74, 6) is -2.59. The topological polar surface area (TPSA) is 165 Å². The number of carbonyl (C=O) groups excluding carboxylic acids is 5. The fourth-order valence-corrected chi connectivity index (χ4v) is 9.99. The summed E-state index contributed by atoms with van der Waals surface area (Å²) in [4.78, 5) is 72.7. The first-order chi connectivity index (χ1) is 31.7. The molecule has 1 fully saturated rings. The normalized spacial score (nSPS) is 14.4. The van der Waals surface area contributed by atoms with Gasteiger partial charge in [-0.25, -0.2) is 4.79 Å². The van der Waals surface area contributed by atoms with E-state index < -0.39 is 52.2 Å². The molecule has 0 unspecified atom stereocenters. The molecule has 1 aromatic heterocycles. The average Bonchev–Trinajstić information content (AvgIpc) is 4.07. The summed E-state index contributed by atoms with van der Waals surface area (Å²) in [5, 5.41) is 11.3. The zero-order valence-electron chi connectivity index (χ0n) is 35.8. The van der Waals surface area contributed by atoms with Gasteiger partial charge in [0.25, 0.3) is 0 Å². The molecule has 1 heterocycles. The molecule has 1 saturated carbocycles. The molecule has 2 atom stereocenters. The Morgan fingerprint density at radius 1 is 0.677 bits per heavy atom. The van der Waals surface area contributed by atoms with Crippen LogP contribution >= 0.6 is 11.8 Å². The summed E-state index contributed by atoms with van der Waals surface area (Å²) in [7, 11) is 1.22. The fraction of sp³-hybridized carbons (Fsp3) is 0.231. The maximum atomic E-state index is 14.7. The average molecular weight is 888 g/mol. The van der Waals surface area contributed by atoms with Crippen molar-refractivity contribution in [1.29, 1.82) is 0 Å². The molecule has 8 rings (SSSR count). The van der Waals surface area contributed by atoms with E-state index >= 15 is 0 Å². The Balaban J connectivity index is 1.09. The summed E-state index contributed by atoms with van der Waals surface area (Å²) in [5.41, 5.74) is 6.52. The standard InChI is InChI=1S/C52H49N5O7S/c1-63-46(58)32-54-49(61)51(27-28-51)57-48(60)45(34-65-52(36-15-5-2-6-16-36,37-17-7-3-8-18-37)38-19-9-4-10-20-38)55-47(59)44(31-35-25-29-53-30-26-35)56-50(62)64-33-43-41-23-13-11-21-39(41)40-22-12-14-24-42(40)43/h2-26,29-30,43-45H,27-28,31-34H2,1H3,(H,54,61)(H,55,59)(H,56,62)(H,57,60)/t44-,45-/m1/s1. The highest BCUT2D eigenvalue weighted by molar-refractivity contribution is 8.00. The van der Waals surface area contributed by atoms with Crippen LogP contribution in [0.4, 0.5) is 4.79 Å². The summed E-state index contributed by atoms with van der Waals surface area (Å²) in [6.07, 6.45) is 3.11. The van der Waals surface area contributed by atoms with Crippen molar-refractivity contribution in [3.63, 3.8) is 0 Å². The van der Waals surface area contributed by atoms with Crippen molar-refractivity contribution in [2.75, 3.05) is 26.0 Å². The van der Waals surface area contributed by atoms with Gasteiger partial charge in [0.1, 0.15) is 30.8 Å². The van der Waals surface area contributed by atoms with E-state index in [-0.39, 0.29) is 31.2 Å². The van der Waals surface area contributed by atoms with Gasteiger partial charge in [0.05, 0.1) is 11.9 Å². The smallest absolute Gasteiger partial charge is 0.407 e. The molecule has 12 nitrogen and oxygen atoms in total. The van der Waals surface area contributed by atoms with Crippen molar-refractivity contribution in [1.82, 2.24) is 26.3 Å². The van der Waals surface area contributed by atoms with Gasteiger partial charge in [-0.05, 0) is 69.5 Å². The van der Waals surface area contributed by atoms with E-state index in [0.29, 0.717) is 18.4 Å². The van der Waals surface area contributed by atoms with Crippen molar-refractivity contribution in [2.45, 2.75) is 47.6 Å². The largest absolute Gasteiger partial charge is 0.468 e. The minimum absolute atomic E-state index is 0.0308. The number of thioether (sulfide) groups is 1. The molecular weight excluding hydrogens is 839 g/mol. The van der Waals surface area contributed by atoms with Crippen LogP contribution in [0.1, 0.15) is 52.1 Å². The summed E-state index contributed by atoms with van der Waals surface area (Å²) in [6.45, 7) is -0.333. The zero-order valence-corrected chi connectivity index (χ0v) is 36.6. The number of fused-ring (bicyclic) bond motifs is 3. The number of aromatic nitrogens is 1. The molecule has 4 amide bonds. The summed E-state index contributed by atoms with van der Waals surface area (Å²) in [6, 6.07) is 47.0. The summed E-state index contributed by atoms with van der Waals surface area (Å²) >= 11 is 1.46. The van der Waals surface area contributed by atoms with Crippen molar-refractivity contribution in [3.8, 4) is 11.1 Å². The first kappa shape index (κ1) is 44.4. The third-order valence-electron chi connectivity index (χ3n) is 11.9. The maximum absolute atomic E-state index is 14.7. The number of nitrogens with one attached hydrogen (secondary N) is 4. The Morgan fingerprint density at radius 2 is 1.20 bits per heavy atom. The second-order valence-corrected chi connectivity index (χ2v) is 17.3. The van der Waals surface area contributed by atoms with Gasteiger partial charge in [-0.1, -0.05) is 140 Å². The predicted molar refractivity (Wildman–Crippen MR) is 249 cm³/mol. The molecule has 13 heteroatoms. The highest BCUT2D eigenvalue weighted by atomic mass is 32.2. The second-order valence-electron chi connectivity index (χ2n) is 16.1. The number of rotatable bonds is 18. The quantitative estimate of drug-likeness (QED) is 0.0545. The number of methoxy groups -OCH3 is 1. The lowest BCUT2D eigenvalue weighted by Crippen LogP contribution is -2.59. The van der Waals surface area contributed by atoms with Crippen LogP contribution in [0.5, 0.6) is 0 Å². The SMILES string of the molecule is COC(=O)CNC(=O)C1(NC(=O)[C@@H](CSC(c2ccccc2)(c2ccccc2)c2ccccc2)NC(=O)[C@@H](Cc2ccncc2)NC(=O)OCC2c3ccccc3-c3ccccc32)CC1. The number of hydrogen-bond donors (Lipinski definition) is 4. The zero-order chi connectivity index (χ0) is 45.2. The number of pyridine rings is 1. The molecule has 0 bridgehead atoms. The molecular formula is C52H49N5O7S. The van der Waals surface area contributed by atoms with E-state index in [9.17, 15) is 24.0 Å². The van der Waals surface area contributed by atoms with Gasteiger partial charge in [-0.15, -0.1) is 11.8 Å². The van der Waals surface area contributed by atoms with Gasteiger partial charge in [-0.3, -0.25) is 24.2 Å². The number of esters is 1. The monoisotopic (exact) mass is 887 g/mol. The van der Waals surface area contributed by atoms with Gasteiger partial charge in [0, 0.05) is 30.5 Å². The molecule has 0 spiro atoms. The van der Waals surface area contributed by atoms with Crippen LogP contribution in [-0.2, 0) is 39.8 Å². The Bertz CT molecular complexity index is 2490. The number of benzene rings is 5. The molecule has 2 aliphatic rings. The summed E-state index contributed by atoms with van der Waals surface area (Å²) < 4.78 is 9.73. The number of amides is 4. The lowest BCUT2D eigenvalue weighted by atomic mass is 9.84. The minimum Gasteiger partial charge on any atom is -0.468 e. The highest BCUT2D eigenvalue weighted by Gasteiger charge is 2.52. The van der Waals surface area contributed by atoms with Gasteiger partial charge in [0.2, 0.25) is 17.7 Å². The number of nitrogens with zero attached hydrogens (tertiary/aromatic N) is 1. The number of ether oxygens (including phenoxy) is 2. The van der Waals surface area contributed by atoms with E-state index in [1.54, 1.807) is 24.5 Å². The number of hydrogen-bond acceptors (Lipinski definition) is 9. The predicted octanol–water partition coefficient (Wildman–Crippen LogP) is 6.68. The Labute approximate surface area is 381 Å². The lowest BCUT2D eigenvalue weighted by Gasteiger charge is -2.37. The number of carbonyl (C=O) groups is 5. The van der Waals surface area contributed by atoms with Crippen LogP contribution in [0.2, 0.25) is 0 Å². The van der Waals surface area contributed by atoms with Crippen LogP contribution in [0.25, 0.3) is 11.1 Å². The van der Waals surface area contributed by atoms with Crippen LogP contribution in [0.3, 0.4) is 0 Å². The van der Waals surface area contributed by atoms with Gasteiger partial charge < -0.3 is 30.7 Å². The fourth-order valence-electron chi connectivity index (χ4n) is 8.43.